The predicted octanol–water partition coefficient (Wildman–Crippen LogP) is 3.15. The molecule has 1 aromatic rings. The van der Waals surface area contributed by atoms with Crippen molar-refractivity contribution in [2.75, 3.05) is 0 Å². The van der Waals surface area contributed by atoms with E-state index in [0.717, 1.165) is 0 Å². The second-order valence-electron chi connectivity index (χ2n) is 3.89. The van der Waals surface area contributed by atoms with Gasteiger partial charge in [-0.3, -0.25) is 0 Å². The molecule has 1 nitrogen and oxygen atoms in total. The van der Waals surface area contributed by atoms with Crippen LogP contribution in [-0.2, 0) is 11.8 Å². The summed E-state index contributed by atoms with van der Waals surface area (Å²) in [6, 6.07) is 0. The van der Waals surface area contributed by atoms with E-state index in [-0.39, 0.29) is 0 Å². The molecule has 1 unspecified atom stereocenters. The van der Waals surface area contributed by atoms with E-state index in [1.807, 2.05) is 16.8 Å². The number of hydrogen-bond acceptors (Lipinski definition) is 2. The van der Waals surface area contributed by atoms with Crippen LogP contribution in [0.1, 0.15) is 43.7 Å². The third-order valence-corrected chi connectivity index (χ3v) is 4.02. The number of aromatic nitrogens is 1. The highest BCUT2D eigenvalue weighted by atomic mass is 32.1. The maximum Gasteiger partial charge on any atom is 0.0797 e. The van der Waals surface area contributed by atoms with Gasteiger partial charge in [0.25, 0.3) is 0 Å². The maximum atomic E-state index is 4.50. The molecule has 1 aliphatic rings. The lowest BCUT2D eigenvalue weighted by molar-refractivity contribution is 0.374. The van der Waals surface area contributed by atoms with Gasteiger partial charge >= 0.3 is 0 Å². The monoisotopic (exact) mass is 181 g/mol. The highest BCUT2D eigenvalue weighted by molar-refractivity contribution is 7.09. The summed E-state index contributed by atoms with van der Waals surface area (Å²) in [5.74, 6) is 0. The average molecular weight is 181 g/mol. The van der Waals surface area contributed by atoms with Crippen LogP contribution in [0.2, 0.25) is 0 Å². The molecule has 0 fully saturated rings. The molecule has 2 heteroatoms. The standard InChI is InChI=1S/C10H15NS/c1-3-10(2)6-4-5-8-9(10)11-7-12-8/h7H,3-6H2,1-2H3. The van der Waals surface area contributed by atoms with Gasteiger partial charge in [-0.2, -0.15) is 0 Å². The van der Waals surface area contributed by atoms with E-state index >= 15 is 0 Å². The first-order valence-corrected chi connectivity index (χ1v) is 5.57. The van der Waals surface area contributed by atoms with Crippen molar-refractivity contribution in [3.8, 4) is 0 Å². The maximum absolute atomic E-state index is 4.50. The molecule has 1 heterocycles. The van der Waals surface area contributed by atoms with Crippen LogP contribution in [0.15, 0.2) is 5.51 Å². The minimum Gasteiger partial charge on any atom is -0.249 e. The van der Waals surface area contributed by atoms with Crippen LogP contribution in [0.5, 0.6) is 0 Å². The van der Waals surface area contributed by atoms with Crippen molar-refractivity contribution in [2.24, 2.45) is 0 Å². The van der Waals surface area contributed by atoms with E-state index in [9.17, 15) is 0 Å². The first-order valence-electron chi connectivity index (χ1n) is 4.69. The first kappa shape index (κ1) is 8.24. The fourth-order valence-corrected chi connectivity index (χ4v) is 3.00. The Morgan fingerprint density at radius 1 is 1.67 bits per heavy atom. The molecule has 0 radical (unpaired) electrons. The summed E-state index contributed by atoms with van der Waals surface area (Å²) >= 11 is 1.83. The molecule has 1 atom stereocenters. The van der Waals surface area contributed by atoms with Gasteiger partial charge in [-0.05, 0) is 25.7 Å². The number of hydrogen-bond donors (Lipinski definition) is 0. The largest absolute Gasteiger partial charge is 0.249 e. The zero-order valence-electron chi connectivity index (χ0n) is 7.76. The second-order valence-corrected chi connectivity index (χ2v) is 4.83. The minimum absolute atomic E-state index is 0.383. The fourth-order valence-electron chi connectivity index (χ4n) is 2.04. The van der Waals surface area contributed by atoms with Gasteiger partial charge in [0.05, 0.1) is 11.2 Å². The van der Waals surface area contributed by atoms with Crippen molar-refractivity contribution in [1.29, 1.82) is 0 Å². The van der Waals surface area contributed by atoms with E-state index in [1.54, 1.807) is 0 Å². The van der Waals surface area contributed by atoms with Crippen molar-refractivity contribution in [3.05, 3.63) is 16.1 Å². The highest BCUT2D eigenvalue weighted by Crippen LogP contribution is 2.39. The van der Waals surface area contributed by atoms with Crippen LogP contribution in [0, 0.1) is 0 Å². The van der Waals surface area contributed by atoms with Crippen molar-refractivity contribution in [2.45, 2.75) is 44.9 Å². The van der Waals surface area contributed by atoms with E-state index < -0.39 is 0 Å². The summed E-state index contributed by atoms with van der Waals surface area (Å²) in [6.45, 7) is 4.62. The zero-order chi connectivity index (χ0) is 8.60. The number of nitrogens with zero attached hydrogens (tertiary/aromatic N) is 1. The highest BCUT2D eigenvalue weighted by Gasteiger charge is 2.32. The number of fused-ring (bicyclic) bond motifs is 1. The molecule has 0 spiro atoms. The molecule has 12 heavy (non-hydrogen) atoms. The molecule has 1 aromatic heterocycles. The quantitative estimate of drug-likeness (QED) is 0.648. The van der Waals surface area contributed by atoms with Crippen LogP contribution in [0.25, 0.3) is 0 Å². The Morgan fingerprint density at radius 2 is 2.50 bits per heavy atom. The van der Waals surface area contributed by atoms with Gasteiger partial charge in [-0.1, -0.05) is 13.8 Å². The Bertz CT molecular complexity index is 279. The van der Waals surface area contributed by atoms with Crippen LogP contribution in [0.3, 0.4) is 0 Å². The fraction of sp³-hybridized carbons (Fsp3) is 0.700. The summed E-state index contributed by atoms with van der Waals surface area (Å²) in [7, 11) is 0. The number of aryl methyl sites for hydroxylation is 1. The lowest BCUT2D eigenvalue weighted by Crippen LogP contribution is -2.26. The van der Waals surface area contributed by atoms with Crippen molar-refractivity contribution in [3.63, 3.8) is 0 Å². The van der Waals surface area contributed by atoms with Crippen molar-refractivity contribution in [1.82, 2.24) is 4.98 Å². The van der Waals surface area contributed by atoms with Gasteiger partial charge in [0, 0.05) is 10.3 Å². The molecule has 0 saturated heterocycles. The zero-order valence-corrected chi connectivity index (χ0v) is 8.58. The summed E-state index contributed by atoms with van der Waals surface area (Å²) in [6.07, 6.45) is 5.15. The molecular formula is C10H15NS. The molecule has 66 valence electrons. The Kier molecular flexibility index (Phi) is 1.95. The normalized spacial score (nSPS) is 28.5. The molecule has 0 saturated carbocycles. The van der Waals surface area contributed by atoms with Crippen LogP contribution >= 0.6 is 11.3 Å². The summed E-state index contributed by atoms with van der Waals surface area (Å²) in [5, 5.41) is 0. The van der Waals surface area contributed by atoms with Gasteiger partial charge in [-0.25, -0.2) is 4.98 Å². The van der Waals surface area contributed by atoms with Crippen LogP contribution in [-0.4, -0.2) is 4.98 Å². The Hall–Kier alpha value is -0.370. The predicted molar refractivity (Wildman–Crippen MR) is 52.7 cm³/mol. The molecule has 0 N–H and O–H groups in total. The first-order chi connectivity index (χ1) is 5.76. The van der Waals surface area contributed by atoms with Crippen molar-refractivity contribution < 1.29 is 0 Å². The topological polar surface area (TPSA) is 12.9 Å². The van der Waals surface area contributed by atoms with Gasteiger partial charge in [0.1, 0.15) is 0 Å². The van der Waals surface area contributed by atoms with Crippen LogP contribution < -0.4 is 0 Å². The number of rotatable bonds is 1. The lowest BCUT2D eigenvalue weighted by atomic mass is 9.75. The third kappa shape index (κ3) is 1.09. The lowest BCUT2D eigenvalue weighted by Gasteiger charge is -2.31. The van der Waals surface area contributed by atoms with E-state index in [4.69, 9.17) is 0 Å². The molecule has 0 bridgehead atoms. The molecule has 1 aliphatic carbocycles. The van der Waals surface area contributed by atoms with Gasteiger partial charge < -0.3 is 0 Å². The average Bonchev–Trinajstić information content (AvgIpc) is 2.54. The summed E-state index contributed by atoms with van der Waals surface area (Å²) in [5.41, 5.74) is 3.78. The summed E-state index contributed by atoms with van der Waals surface area (Å²) in [4.78, 5) is 6.03. The van der Waals surface area contributed by atoms with Gasteiger partial charge in [0.15, 0.2) is 0 Å². The number of thiazole rings is 1. The molecule has 2 rings (SSSR count). The van der Waals surface area contributed by atoms with Gasteiger partial charge in [0.2, 0.25) is 0 Å². The minimum atomic E-state index is 0.383. The van der Waals surface area contributed by atoms with E-state index in [1.165, 1.54) is 36.3 Å². The molecule has 0 aromatic carbocycles. The molecule has 0 aliphatic heterocycles. The second kappa shape index (κ2) is 2.84. The summed E-state index contributed by atoms with van der Waals surface area (Å²) < 4.78 is 0. The van der Waals surface area contributed by atoms with E-state index in [0.29, 0.717) is 5.41 Å². The third-order valence-electron chi connectivity index (χ3n) is 3.13. The Morgan fingerprint density at radius 3 is 3.25 bits per heavy atom. The SMILES string of the molecule is CCC1(C)CCCc2scnc21. The van der Waals surface area contributed by atoms with Crippen LogP contribution in [0.4, 0.5) is 0 Å². The smallest absolute Gasteiger partial charge is 0.0797 e. The molecular weight excluding hydrogens is 166 g/mol. The molecule has 0 amide bonds. The van der Waals surface area contributed by atoms with E-state index in [2.05, 4.69) is 18.8 Å². The van der Waals surface area contributed by atoms with Gasteiger partial charge in [-0.15, -0.1) is 11.3 Å². The Balaban J connectivity index is 2.44. The Labute approximate surface area is 77.8 Å². The van der Waals surface area contributed by atoms with Crippen molar-refractivity contribution >= 4 is 11.3 Å².